The number of piperazine rings is 1. The zero-order valence-electron chi connectivity index (χ0n) is 15.0. The fourth-order valence-electron chi connectivity index (χ4n) is 3.39. The summed E-state index contributed by atoms with van der Waals surface area (Å²) in [6.07, 6.45) is 0. The van der Waals surface area contributed by atoms with Gasteiger partial charge in [-0.2, -0.15) is 4.31 Å². The van der Waals surface area contributed by atoms with Crippen LogP contribution in [0.3, 0.4) is 0 Å². The van der Waals surface area contributed by atoms with Gasteiger partial charge in [0.1, 0.15) is 5.82 Å². The Bertz CT molecular complexity index is 994. The smallest absolute Gasteiger partial charge is 0.273 e. The van der Waals surface area contributed by atoms with Crippen molar-refractivity contribution >= 4 is 15.7 Å². The maximum Gasteiger partial charge on any atom is 0.273 e. The predicted molar refractivity (Wildman–Crippen MR) is 98.5 cm³/mol. The van der Waals surface area contributed by atoms with Gasteiger partial charge in [0.2, 0.25) is 10.0 Å². The minimum Gasteiger partial charge on any atom is -0.313 e. The maximum absolute atomic E-state index is 13.7. The first-order chi connectivity index (χ1) is 12.7. The van der Waals surface area contributed by atoms with Crippen molar-refractivity contribution in [2.45, 2.75) is 24.8 Å². The van der Waals surface area contributed by atoms with E-state index in [0.29, 0.717) is 29.8 Å². The van der Waals surface area contributed by atoms with Crippen molar-refractivity contribution in [3.8, 4) is 0 Å². The summed E-state index contributed by atoms with van der Waals surface area (Å²) in [5.41, 5.74) is 1.13. The number of sulfonamides is 1. The molecule has 1 N–H and O–H groups in total. The third-order valence-corrected chi connectivity index (χ3v) is 6.75. The van der Waals surface area contributed by atoms with Gasteiger partial charge in [0.25, 0.3) is 5.69 Å². The maximum atomic E-state index is 13.7. The molecule has 0 bridgehead atoms. The Kier molecular flexibility index (Phi) is 5.27. The minimum atomic E-state index is -4.01. The van der Waals surface area contributed by atoms with Crippen LogP contribution in [0.15, 0.2) is 41.3 Å². The van der Waals surface area contributed by atoms with Crippen molar-refractivity contribution in [1.29, 1.82) is 0 Å². The van der Waals surface area contributed by atoms with Gasteiger partial charge < -0.3 is 5.32 Å². The third-order valence-electron chi connectivity index (χ3n) is 4.70. The number of nitro benzene ring substituents is 1. The molecule has 0 aliphatic carbocycles. The molecule has 1 unspecified atom stereocenters. The van der Waals surface area contributed by atoms with Gasteiger partial charge in [-0.05, 0) is 43.2 Å². The first-order valence-electron chi connectivity index (χ1n) is 8.45. The molecule has 7 nitrogen and oxygen atoms in total. The number of nitrogens with zero attached hydrogens (tertiary/aromatic N) is 2. The van der Waals surface area contributed by atoms with E-state index in [0.717, 1.165) is 6.07 Å². The second kappa shape index (κ2) is 7.34. The van der Waals surface area contributed by atoms with E-state index in [-0.39, 0.29) is 17.1 Å². The largest absolute Gasteiger partial charge is 0.313 e. The average molecular weight is 393 g/mol. The van der Waals surface area contributed by atoms with Gasteiger partial charge in [-0.1, -0.05) is 12.1 Å². The number of nitrogens with one attached hydrogen (secondary N) is 1. The van der Waals surface area contributed by atoms with E-state index in [9.17, 15) is 22.9 Å². The second-order valence-electron chi connectivity index (χ2n) is 6.55. The predicted octanol–water partition coefficient (Wildman–Crippen LogP) is 2.69. The number of hydrogen-bond acceptors (Lipinski definition) is 5. The summed E-state index contributed by atoms with van der Waals surface area (Å²) in [6, 6.07) is 7.84. The van der Waals surface area contributed by atoms with E-state index in [2.05, 4.69) is 5.32 Å². The molecule has 0 aromatic heterocycles. The molecular formula is C18H20FN3O4S. The molecule has 1 fully saturated rings. The zero-order valence-corrected chi connectivity index (χ0v) is 15.8. The Morgan fingerprint density at radius 3 is 2.63 bits per heavy atom. The summed E-state index contributed by atoms with van der Waals surface area (Å²) in [4.78, 5) is 10.6. The van der Waals surface area contributed by atoms with Crippen molar-refractivity contribution in [1.82, 2.24) is 9.62 Å². The lowest BCUT2D eigenvalue weighted by Gasteiger charge is -2.35. The van der Waals surface area contributed by atoms with Crippen LogP contribution in [-0.4, -0.2) is 37.3 Å². The van der Waals surface area contributed by atoms with Crippen molar-refractivity contribution < 1.29 is 17.7 Å². The lowest BCUT2D eigenvalue weighted by molar-refractivity contribution is -0.385. The van der Waals surface area contributed by atoms with E-state index in [1.807, 2.05) is 0 Å². The lowest BCUT2D eigenvalue weighted by atomic mass is 10.1. The molecule has 2 aromatic rings. The van der Waals surface area contributed by atoms with E-state index in [1.54, 1.807) is 19.9 Å². The molecule has 9 heteroatoms. The van der Waals surface area contributed by atoms with E-state index >= 15 is 0 Å². The Balaban J connectivity index is 2.09. The molecular weight excluding hydrogens is 373 g/mol. The summed E-state index contributed by atoms with van der Waals surface area (Å²) in [5.74, 6) is -0.447. The molecule has 1 aliphatic heterocycles. The summed E-state index contributed by atoms with van der Waals surface area (Å²) in [7, 11) is -4.01. The van der Waals surface area contributed by atoms with Gasteiger partial charge in [-0.15, -0.1) is 0 Å². The van der Waals surface area contributed by atoms with Gasteiger partial charge in [-0.3, -0.25) is 10.1 Å². The van der Waals surface area contributed by atoms with E-state index < -0.39 is 26.8 Å². The van der Waals surface area contributed by atoms with Crippen LogP contribution in [0, 0.1) is 29.8 Å². The Labute approximate surface area is 157 Å². The summed E-state index contributed by atoms with van der Waals surface area (Å²) >= 11 is 0. The molecule has 1 heterocycles. The lowest BCUT2D eigenvalue weighted by Crippen LogP contribution is -2.48. The molecule has 0 radical (unpaired) electrons. The van der Waals surface area contributed by atoms with Crippen LogP contribution in [0.4, 0.5) is 10.1 Å². The number of aryl methyl sites for hydroxylation is 2. The van der Waals surface area contributed by atoms with Crippen LogP contribution >= 0.6 is 0 Å². The highest BCUT2D eigenvalue weighted by Crippen LogP contribution is 2.33. The number of nitro groups is 1. The summed E-state index contributed by atoms with van der Waals surface area (Å²) in [5, 5.41) is 14.4. The number of rotatable bonds is 4. The Morgan fingerprint density at radius 1 is 1.22 bits per heavy atom. The average Bonchev–Trinajstić information content (AvgIpc) is 2.61. The highest BCUT2D eigenvalue weighted by Gasteiger charge is 2.36. The van der Waals surface area contributed by atoms with Gasteiger partial charge in [0.15, 0.2) is 0 Å². The highest BCUT2D eigenvalue weighted by atomic mass is 32.2. The topological polar surface area (TPSA) is 92.6 Å². The molecule has 1 atom stereocenters. The fraction of sp³-hybridized carbons (Fsp3) is 0.333. The highest BCUT2D eigenvalue weighted by molar-refractivity contribution is 7.89. The first kappa shape index (κ1) is 19.4. The van der Waals surface area contributed by atoms with Crippen LogP contribution in [-0.2, 0) is 10.0 Å². The van der Waals surface area contributed by atoms with Crippen LogP contribution in [0.5, 0.6) is 0 Å². The standard InChI is InChI=1S/C18H20FN3O4S/c1-12-8-13(2)18(10-16(12)22(23)24)27(25,26)21-7-6-20-11-17(21)14-4-3-5-15(19)9-14/h3-5,8-10,17,20H,6-7,11H2,1-2H3. The Morgan fingerprint density at radius 2 is 1.96 bits per heavy atom. The van der Waals surface area contributed by atoms with Crippen LogP contribution in [0.25, 0.3) is 0 Å². The fourth-order valence-corrected chi connectivity index (χ4v) is 5.24. The Hall–Kier alpha value is -2.36. The first-order valence-corrected chi connectivity index (χ1v) is 9.89. The molecule has 27 heavy (non-hydrogen) atoms. The normalized spacial score (nSPS) is 18.4. The van der Waals surface area contributed by atoms with Crippen LogP contribution in [0.1, 0.15) is 22.7 Å². The number of halogens is 1. The van der Waals surface area contributed by atoms with Crippen molar-refractivity contribution in [3.05, 3.63) is 69.0 Å². The van der Waals surface area contributed by atoms with E-state index in [4.69, 9.17) is 0 Å². The van der Waals surface area contributed by atoms with E-state index in [1.165, 1.54) is 28.6 Å². The molecule has 0 spiro atoms. The van der Waals surface area contributed by atoms with Crippen molar-refractivity contribution in [3.63, 3.8) is 0 Å². The molecule has 144 valence electrons. The monoisotopic (exact) mass is 393 g/mol. The molecule has 0 saturated carbocycles. The molecule has 1 aliphatic rings. The summed E-state index contributed by atoms with van der Waals surface area (Å²) in [6.45, 7) is 4.14. The van der Waals surface area contributed by atoms with Gasteiger partial charge in [0, 0.05) is 31.3 Å². The van der Waals surface area contributed by atoms with Crippen molar-refractivity contribution in [2.24, 2.45) is 0 Å². The van der Waals surface area contributed by atoms with Gasteiger partial charge >= 0.3 is 0 Å². The second-order valence-corrected chi connectivity index (χ2v) is 8.41. The summed E-state index contributed by atoms with van der Waals surface area (Å²) < 4.78 is 41.6. The number of hydrogen-bond donors (Lipinski definition) is 1. The molecule has 2 aromatic carbocycles. The quantitative estimate of drug-likeness (QED) is 0.637. The molecule has 1 saturated heterocycles. The molecule has 0 amide bonds. The van der Waals surface area contributed by atoms with Crippen LogP contribution in [0.2, 0.25) is 0 Å². The van der Waals surface area contributed by atoms with Gasteiger partial charge in [-0.25, -0.2) is 12.8 Å². The molecule has 3 rings (SSSR count). The zero-order chi connectivity index (χ0) is 19.8. The van der Waals surface area contributed by atoms with Gasteiger partial charge in [0.05, 0.1) is 15.9 Å². The van der Waals surface area contributed by atoms with Crippen molar-refractivity contribution in [2.75, 3.05) is 19.6 Å². The van der Waals surface area contributed by atoms with Crippen LogP contribution < -0.4 is 5.32 Å². The SMILES string of the molecule is Cc1cc(C)c(S(=O)(=O)N2CCNCC2c2cccc(F)c2)cc1[N+](=O)[O-]. The number of benzene rings is 2. The minimum absolute atomic E-state index is 0.0943. The third kappa shape index (κ3) is 3.71.